The minimum absolute atomic E-state index is 0.106. The van der Waals surface area contributed by atoms with Crippen LogP contribution >= 0.6 is 11.3 Å². The second-order valence-electron chi connectivity index (χ2n) is 7.11. The summed E-state index contributed by atoms with van der Waals surface area (Å²) in [5.41, 5.74) is 0. The van der Waals surface area contributed by atoms with Gasteiger partial charge in [-0.1, -0.05) is 25.3 Å². The zero-order valence-corrected chi connectivity index (χ0v) is 15.7. The number of hydrogen-bond acceptors (Lipinski definition) is 4. The predicted molar refractivity (Wildman–Crippen MR) is 100 cm³/mol. The third-order valence-corrected chi connectivity index (χ3v) is 6.21. The van der Waals surface area contributed by atoms with Crippen molar-refractivity contribution in [1.29, 1.82) is 0 Å². The summed E-state index contributed by atoms with van der Waals surface area (Å²) < 4.78 is 0. The van der Waals surface area contributed by atoms with Gasteiger partial charge in [0.1, 0.15) is 0 Å². The summed E-state index contributed by atoms with van der Waals surface area (Å²) in [6.45, 7) is 4.80. The van der Waals surface area contributed by atoms with Crippen molar-refractivity contribution in [3.8, 4) is 0 Å². The van der Waals surface area contributed by atoms with Crippen molar-refractivity contribution in [3.05, 3.63) is 22.4 Å². The smallest absolute Gasteiger partial charge is 0.225 e. The van der Waals surface area contributed by atoms with Crippen LogP contribution in [0.3, 0.4) is 0 Å². The van der Waals surface area contributed by atoms with E-state index in [4.69, 9.17) is 0 Å². The van der Waals surface area contributed by atoms with Crippen molar-refractivity contribution in [1.82, 2.24) is 15.1 Å². The molecular weight excluding hydrogens is 334 g/mol. The lowest BCUT2D eigenvalue weighted by molar-refractivity contribution is -0.138. The Balaban J connectivity index is 1.32. The molecule has 2 fully saturated rings. The monoisotopic (exact) mass is 363 g/mol. The van der Waals surface area contributed by atoms with Crippen LogP contribution in [0.15, 0.2) is 17.5 Å². The molecule has 0 aromatic carbocycles. The zero-order valence-electron chi connectivity index (χ0n) is 14.9. The molecule has 1 aromatic heterocycles. The first-order valence-corrected chi connectivity index (χ1v) is 10.4. The van der Waals surface area contributed by atoms with E-state index in [0.717, 1.165) is 45.6 Å². The largest absolute Gasteiger partial charge is 0.351 e. The maximum Gasteiger partial charge on any atom is 0.225 e. The van der Waals surface area contributed by atoms with Crippen LogP contribution in [-0.4, -0.2) is 54.3 Å². The van der Waals surface area contributed by atoms with Gasteiger partial charge in [0.25, 0.3) is 0 Å². The first-order valence-electron chi connectivity index (χ1n) is 9.52. The van der Waals surface area contributed by atoms with Gasteiger partial charge >= 0.3 is 0 Å². The van der Waals surface area contributed by atoms with Gasteiger partial charge in [0.2, 0.25) is 11.8 Å². The number of rotatable bonds is 6. The molecule has 1 aliphatic heterocycles. The molecule has 5 nitrogen and oxygen atoms in total. The molecular formula is C19H29N3O2S. The molecule has 1 aliphatic carbocycles. The number of carbonyl (C=O) groups excluding carboxylic acids is 2. The highest BCUT2D eigenvalue weighted by atomic mass is 32.1. The SMILES string of the molecule is O=C(CCN1CCN(C(=O)C2CCCCC2)CC1)NCc1cccs1. The van der Waals surface area contributed by atoms with Crippen LogP contribution in [0.5, 0.6) is 0 Å². The van der Waals surface area contributed by atoms with E-state index in [0.29, 0.717) is 18.9 Å². The summed E-state index contributed by atoms with van der Waals surface area (Å²) >= 11 is 1.66. The van der Waals surface area contributed by atoms with E-state index in [1.165, 1.54) is 24.1 Å². The van der Waals surface area contributed by atoms with Crippen molar-refractivity contribution in [2.75, 3.05) is 32.7 Å². The van der Waals surface area contributed by atoms with E-state index in [1.807, 2.05) is 22.4 Å². The van der Waals surface area contributed by atoms with E-state index in [9.17, 15) is 9.59 Å². The summed E-state index contributed by atoms with van der Waals surface area (Å²) in [6.07, 6.45) is 6.37. The number of nitrogens with one attached hydrogen (secondary N) is 1. The van der Waals surface area contributed by atoms with Crippen LogP contribution in [-0.2, 0) is 16.1 Å². The minimum Gasteiger partial charge on any atom is -0.351 e. The van der Waals surface area contributed by atoms with Crippen LogP contribution < -0.4 is 5.32 Å². The van der Waals surface area contributed by atoms with Crippen molar-refractivity contribution < 1.29 is 9.59 Å². The van der Waals surface area contributed by atoms with Gasteiger partial charge in [-0.2, -0.15) is 0 Å². The molecule has 0 radical (unpaired) electrons. The molecule has 0 spiro atoms. The third kappa shape index (κ3) is 5.54. The van der Waals surface area contributed by atoms with E-state index in [-0.39, 0.29) is 11.8 Å². The maximum atomic E-state index is 12.6. The normalized spacial score (nSPS) is 19.8. The van der Waals surface area contributed by atoms with Crippen molar-refractivity contribution in [2.24, 2.45) is 5.92 Å². The van der Waals surface area contributed by atoms with Gasteiger partial charge in [0.05, 0.1) is 6.54 Å². The Kier molecular flexibility index (Phi) is 6.87. The highest BCUT2D eigenvalue weighted by Crippen LogP contribution is 2.25. The molecule has 2 heterocycles. The lowest BCUT2D eigenvalue weighted by Crippen LogP contribution is -2.51. The molecule has 0 atom stereocenters. The maximum absolute atomic E-state index is 12.6. The molecule has 2 aliphatic rings. The fourth-order valence-electron chi connectivity index (χ4n) is 3.75. The quantitative estimate of drug-likeness (QED) is 0.845. The highest BCUT2D eigenvalue weighted by Gasteiger charge is 2.28. The molecule has 3 rings (SSSR count). The molecule has 0 bridgehead atoms. The summed E-state index contributed by atoms with van der Waals surface area (Å²) in [7, 11) is 0. The zero-order chi connectivity index (χ0) is 17.5. The summed E-state index contributed by atoms with van der Waals surface area (Å²) in [5, 5.41) is 5.00. The lowest BCUT2D eigenvalue weighted by atomic mass is 9.88. The van der Waals surface area contributed by atoms with Crippen LogP contribution in [0.25, 0.3) is 0 Å². The van der Waals surface area contributed by atoms with Gasteiger partial charge in [0.15, 0.2) is 0 Å². The van der Waals surface area contributed by atoms with Crippen LogP contribution in [0.4, 0.5) is 0 Å². The van der Waals surface area contributed by atoms with Crippen LogP contribution in [0.2, 0.25) is 0 Å². The van der Waals surface area contributed by atoms with E-state index in [2.05, 4.69) is 10.2 Å². The molecule has 1 saturated heterocycles. The van der Waals surface area contributed by atoms with Gasteiger partial charge in [-0.25, -0.2) is 0 Å². The standard InChI is InChI=1S/C19H29N3O2S/c23-18(20-15-17-7-4-14-25-17)8-9-21-10-12-22(13-11-21)19(24)16-5-2-1-3-6-16/h4,7,14,16H,1-3,5-6,8-13,15H2,(H,20,23). The fraction of sp³-hybridized carbons (Fsp3) is 0.684. The second kappa shape index (κ2) is 9.34. The molecule has 0 unspecified atom stereocenters. The fourth-order valence-corrected chi connectivity index (χ4v) is 4.39. The lowest BCUT2D eigenvalue weighted by Gasteiger charge is -2.37. The molecule has 2 amide bonds. The number of nitrogens with zero attached hydrogens (tertiary/aromatic N) is 2. The molecule has 1 saturated carbocycles. The first-order chi connectivity index (χ1) is 12.2. The molecule has 1 N–H and O–H groups in total. The van der Waals surface area contributed by atoms with Gasteiger partial charge in [-0.3, -0.25) is 14.5 Å². The average Bonchev–Trinajstić information content (AvgIpc) is 3.19. The Morgan fingerprint density at radius 3 is 2.56 bits per heavy atom. The van der Waals surface area contributed by atoms with Crippen LogP contribution in [0.1, 0.15) is 43.4 Å². The predicted octanol–water partition coefficient (Wildman–Crippen LogP) is 2.48. The first kappa shape index (κ1) is 18.4. The Morgan fingerprint density at radius 2 is 1.88 bits per heavy atom. The Labute approximate surface area is 154 Å². The van der Waals surface area contributed by atoms with E-state index in [1.54, 1.807) is 11.3 Å². The van der Waals surface area contributed by atoms with Crippen LogP contribution in [0, 0.1) is 5.92 Å². The number of thiophene rings is 1. The van der Waals surface area contributed by atoms with Gasteiger partial charge < -0.3 is 10.2 Å². The number of carbonyl (C=O) groups is 2. The summed E-state index contributed by atoms with van der Waals surface area (Å²) in [4.78, 5) is 30.1. The van der Waals surface area contributed by atoms with Gasteiger partial charge in [-0.05, 0) is 24.3 Å². The van der Waals surface area contributed by atoms with Crippen molar-refractivity contribution in [2.45, 2.75) is 45.1 Å². The Hall–Kier alpha value is -1.40. The van der Waals surface area contributed by atoms with Crippen molar-refractivity contribution >= 4 is 23.2 Å². The number of amides is 2. The average molecular weight is 364 g/mol. The van der Waals surface area contributed by atoms with Crippen molar-refractivity contribution in [3.63, 3.8) is 0 Å². The molecule has 138 valence electrons. The topological polar surface area (TPSA) is 52.7 Å². The van der Waals surface area contributed by atoms with E-state index >= 15 is 0 Å². The summed E-state index contributed by atoms with van der Waals surface area (Å²) in [5.74, 6) is 0.741. The third-order valence-electron chi connectivity index (χ3n) is 5.33. The number of piperazine rings is 1. The second-order valence-corrected chi connectivity index (χ2v) is 8.14. The number of hydrogen-bond donors (Lipinski definition) is 1. The molecule has 25 heavy (non-hydrogen) atoms. The molecule has 1 aromatic rings. The summed E-state index contributed by atoms with van der Waals surface area (Å²) in [6, 6.07) is 4.04. The van der Waals surface area contributed by atoms with E-state index < -0.39 is 0 Å². The van der Waals surface area contributed by atoms with Gasteiger partial charge in [0, 0.05) is 49.9 Å². The minimum atomic E-state index is 0.106. The Morgan fingerprint density at radius 1 is 1.12 bits per heavy atom. The molecule has 6 heteroatoms. The highest BCUT2D eigenvalue weighted by molar-refractivity contribution is 7.09. The van der Waals surface area contributed by atoms with Gasteiger partial charge in [-0.15, -0.1) is 11.3 Å². The Bertz CT molecular complexity index is 547.